The van der Waals surface area contributed by atoms with Gasteiger partial charge in [-0.05, 0) is 12.0 Å². The Kier molecular flexibility index (Phi) is 5.14. The number of H-pyrrole nitrogens is 1. The van der Waals surface area contributed by atoms with E-state index in [1.54, 1.807) is 0 Å². The number of imidazole rings is 1. The van der Waals surface area contributed by atoms with E-state index >= 15 is 0 Å². The Hall–Kier alpha value is -1.66. The molecule has 0 saturated carbocycles. The zero-order valence-electron chi connectivity index (χ0n) is 12.4. The van der Waals surface area contributed by atoms with Crippen LogP contribution in [0.15, 0.2) is 41.6 Å². The standard InChI is InChI=1S/C15H21N3O2S/c1-3-14-16-12-15(17-14)21(19,20)18(4-2)11-10-13-8-6-5-7-9-13/h5-9,12H,3-4,10-11H2,1-2H3,(H,16,17). The molecule has 0 radical (unpaired) electrons. The average molecular weight is 307 g/mol. The summed E-state index contributed by atoms with van der Waals surface area (Å²) in [5.41, 5.74) is 1.13. The summed E-state index contributed by atoms with van der Waals surface area (Å²) in [5, 5.41) is 0.175. The SMILES string of the molecule is CCc1ncc(S(=O)(=O)N(CC)CCc2ccccc2)[nH]1. The number of aromatic nitrogens is 2. The van der Waals surface area contributed by atoms with Gasteiger partial charge in [-0.1, -0.05) is 44.2 Å². The molecule has 0 saturated heterocycles. The molecule has 21 heavy (non-hydrogen) atoms. The minimum atomic E-state index is -3.50. The first-order chi connectivity index (χ1) is 10.1. The minimum absolute atomic E-state index is 0.175. The number of benzene rings is 1. The summed E-state index contributed by atoms with van der Waals surface area (Å²) >= 11 is 0. The molecule has 0 atom stereocenters. The lowest BCUT2D eigenvalue weighted by atomic mass is 10.1. The highest BCUT2D eigenvalue weighted by molar-refractivity contribution is 7.89. The van der Waals surface area contributed by atoms with Crippen molar-refractivity contribution in [2.24, 2.45) is 0 Å². The maximum atomic E-state index is 12.6. The fraction of sp³-hybridized carbons (Fsp3) is 0.400. The highest BCUT2D eigenvalue weighted by atomic mass is 32.2. The van der Waals surface area contributed by atoms with Crippen LogP contribution in [0.4, 0.5) is 0 Å². The van der Waals surface area contributed by atoms with E-state index in [1.165, 1.54) is 10.5 Å². The lowest BCUT2D eigenvalue weighted by Gasteiger charge is -2.19. The third-order valence-corrected chi connectivity index (χ3v) is 5.29. The van der Waals surface area contributed by atoms with Crippen LogP contribution in [-0.2, 0) is 22.9 Å². The highest BCUT2D eigenvalue weighted by Crippen LogP contribution is 2.14. The fourth-order valence-electron chi connectivity index (χ4n) is 2.14. The molecule has 0 amide bonds. The van der Waals surface area contributed by atoms with E-state index in [4.69, 9.17) is 0 Å². The lowest BCUT2D eigenvalue weighted by molar-refractivity contribution is 0.429. The van der Waals surface area contributed by atoms with E-state index < -0.39 is 10.0 Å². The van der Waals surface area contributed by atoms with Gasteiger partial charge >= 0.3 is 0 Å². The second-order valence-electron chi connectivity index (χ2n) is 4.78. The van der Waals surface area contributed by atoms with Crippen LogP contribution < -0.4 is 0 Å². The molecule has 0 spiro atoms. The lowest BCUT2D eigenvalue weighted by Crippen LogP contribution is -2.33. The van der Waals surface area contributed by atoms with E-state index in [-0.39, 0.29) is 5.03 Å². The molecule has 6 heteroatoms. The quantitative estimate of drug-likeness (QED) is 0.853. The first-order valence-electron chi connectivity index (χ1n) is 7.15. The van der Waals surface area contributed by atoms with Crippen LogP contribution in [0, 0.1) is 0 Å². The maximum absolute atomic E-state index is 12.6. The van der Waals surface area contributed by atoms with Gasteiger partial charge in [-0.15, -0.1) is 0 Å². The molecule has 5 nitrogen and oxygen atoms in total. The van der Waals surface area contributed by atoms with Crippen molar-refractivity contribution in [3.63, 3.8) is 0 Å². The normalized spacial score (nSPS) is 12.0. The number of hydrogen-bond donors (Lipinski definition) is 1. The van der Waals surface area contributed by atoms with E-state index in [2.05, 4.69) is 9.97 Å². The van der Waals surface area contributed by atoms with Crippen LogP contribution in [0.2, 0.25) is 0 Å². The Balaban J connectivity index is 2.12. The maximum Gasteiger partial charge on any atom is 0.260 e. The number of rotatable bonds is 7. The molecule has 0 aliphatic rings. The van der Waals surface area contributed by atoms with E-state index in [9.17, 15) is 8.42 Å². The molecule has 1 aromatic carbocycles. The van der Waals surface area contributed by atoms with Gasteiger partial charge < -0.3 is 4.98 Å². The Morgan fingerprint density at radius 2 is 1.90 bits per heavy atom. The molecular formula is C15H21N3O2S. The molecule has 0 aliphatic carbocycles. The summed E-state index contributed by atoms with van der Waals surface area (Å²) in [5.74, 6) is 0.688. The minimum Gasteiger partial charge on any atom is -0.332 e. The van der Waals surface area contributed by atoms with Crippen LogP contribution in [0.25, 0.3) is 0 Å². The van der Waals surface area contributed by atoms with Gasteiger partial charge in [0.05, 0.1) is 6.20 Å². The third-order valence-electron chi connectivity index (χ3n) is 3.40. The molecular weight excluding hydrogens is 286 g/mol. The molecule has 1 N–H and O–H groups in total. The van der Waals surface area contributed by atoms with Crippen molar-refractivity contribution in [3.8, 4) is 0 Å². The monoisotopic (exact) mass is 307 g/mol. The molecule has 0 aliphatic heterocycles. The van der Waals surface area contributed by atoms with E-state index in [0.717, 1.165) is 5.56 Å². The highest BCUT2D eigenvalue weighted by Gasteiger charge is 2.24. The van der Waals surface area contributed by atoms with Crippen molar-refractivity contribution in [1.29, 1.82) is 0 Å². The van der Waals surface area contributed by atoms with Gasteiger partial charge in [-0.2, -0.15) is 4.31 Å². The number of hydrogen-bond acceptors (Lipinski definition) is 3. The number of sulfonamides is 1. The Labute approximate surface area is 126 Å². The van der Waals surface area contributed by atoms with E-state index in [0.29, 0.717) is 31.8 Å². The molecule has 1 aromatic heterocycles. The van der Waals surface area contributed by atoms with Crippen LogP contribution in [0.1, 0.15) is 25.2 Å². The van der Waals surface area contributed by atoms with Crippen LogP contribution in [0.5, 0.6) is 0 Å². The zero-order valence-corrected chi connectivity index (χ0v) is 13.2. The number of nitrogens with zero attached hydrogens (tertiary/aromatic N) is 2. The summed E-state index contributed by atoms with van der Waals surface area (Å²) in [6.07, 6.45) is 2.79. The Morgan fingerprint density at radius 3 is 2.48 bits per heavy atom. The van der Waals surface area contributed by atoms with Gasteiger partial charge in [0.25, 0.3) is 10.0 Å². The number of aromatic amines is 1. The summed E-state index contributed by atoms with van der Waals surface area (Å²) in [7, 11) is -3.50. The number of likely N-dealkylation sites (N-methyl/N-ethyl adjacent to an activating group) is 1. The van der Waals surface area contributed by atoms with Crippen LogP contribution in [-0.4, -0.2) is 35.8 Å². The van der Waals surface area contributed by atoms with Crippen molar-refractivity contribution in [2.75, 3.05) is 13.1 Å². The van der Waals surface area contributed by atoms with Crippen LogP contribution >= 0.6 is 0 Å². The molecule has 2 rings (SSSR count). The zero-order chi connectivity index (χ0) is 15.3. The predicted molar refractivity (Wildman–Crippen MR) is 82.5 cm³/mol. The van der Waals surface area contributed by atoms with Gasteiger partial charge in [-0.25, -0.2) is 13.4 Å². The number of nitrogens with one attached hydrogen (secondary N) is 1. The summed E-state index contributed by atoms with van der Waals surface area (Å²) in [6.45, 7) is 4.68. The number of aryl methyl sites for hydroxylation is 1. The first-order valence-corrected chi connectivity index (χ1v) is 8.60. The van der Waals surface area contributed by atoms with Gasteiger partial charge in [0, 0.05) is 19.5 Å². The predicted octanol–water partition coefficient (Wildman–Crippen LogP) is 2.23. The first kappa shape index (κ1) is 15.7. The fourth-order valence-corrected chi connectivity index (χ4v) is 3.52. The second-order valence-corrected chi connectivity index (χ2v) is 6.69. The molecule has 114 valence electrons. The van der Waals surface area contributed by atoms with Crippen molar-refractivity contribution in [2.45, 2.75) is 31.7 Å². The Bertz CT molecular complexity index is 665. The summed E-state index contributed by atoms with van der Waals surface area (Å²) in [6, 6.07) is 9.89. The van der Waals surface area contributed by atoms with Crippen molar-refractivity contribution < 1.29 is 8.42 Å². The third kappa shape index (κ3) is 3.71. The second kappa shape index (κ2) is 6.87. The van der Waals surface area contributed by atoms with Gasteiger partial charge in [0.2, 0.25) is 0 Å². The van der Waals surface area contributed by atoms with Crippen molar-refractivity contribution in [1.82, 2.24) is 14.3 Å². The molecule has 0 unspecified atom stereocenters. The van der Waals surface area contributed by atoms with E-state index in [1.807, 2.05) is 44.2 Å². The average Bonchev–Trinajstić information content (AvgIpc) is 2.98. The largest absolute Gasteiger partial charge is 0.332 e. The van der Waals surface area contributed by atoms with Gasteiger partial charge in [-0.3, -0.25) is 0 Å². The Morgan fingerprint density at radius 1 is 1.19 bits per heavy atom. The van der Waals surface area contributed by atoms with Gasteiger partial charge in [0.1, 0.15) is 5.82 Å². The molecule has 0 fully saturated rings. The summed E-state index contributed by atoms with van der Waals surface area (Å²) < 4.78 is 26.6. The van der Waals surface area contributed by atoms with Crippen molar-refractivity contribution in [3.05, 3.63) is 47.9 Å². The smallest absolute Gasteiger partial charge is 0.260 e. The van der Waals surface area contributed by atoms with Crippen LogP contribution in [0.3, 0.4) is 0 Å². The summed E-state index contributed by atoms with van der Waals surface area (Å²) in [4.78, 5) is 6.95. The molecule has 1 heterocycles. The molecule has 2 aromatic rings. The topological polar surface area (TPSA) is 66.1 Å². The van der Waals surface area contributed by atoms with Crippen molar-refractivity contribution >= 4 is 10.0 Å². The molecule has 0 bridgehead atoms. The van der Waals surface area contributed by atoms with Gasteiger partial charge in [0.15, 0.2) is 5.03 Å².